The Morgan fingerprint density at radius 1 is 1.02 bits per heavy atom. The van der Waals surface area contributed by atoms with Crippen molar-refractivity contribution in [1.29, 1.82) is 0 Å². The molecule has 4 aromatic rings. The lowest BCUT2D eigenvalue weighted by Crippen LogP contribution is -2.48. The van der Waals surface area contributed by atoms with Gasteiger partial charge in [-0.05, 0) is 23.8 Å². The topological polar surface area (TPSA) is 133 Å². The number of alkyl halides is 3. The summed E-state index contributed by atoms with van der Waals surface area (Å²) in [5.74, 6) is -3.63. The fourth-order valence-corrected chi connectivity index (χ4v) is 4.17. The van der Waals surface area contributed by atoms with Crippen LogP contribution in [0.4, 0.5) is 17.6 Å². The number of aromatic nitrogens is 3. The van der Waals surface area contributed by atoms with Crippen LogP contribution in [0.1, 0.15) is 27.3 Å². The maximum absolute atomic E-state index is 14.6. The van der Waals surface area contributed by atoms with Crippen molar-refractivity contribution in [3.63, 3.8) is 0 Å². The van der Waals surface area contributed by atoms with E-state index in [0.29, 0.717) is 50.2 Å². The molecule has 0 spiro atoms. The van der Waals surface area contributed by atoms with Crippen LogP contribution >= 0.6 is 0 Å². The Labute approximate surface area is 223 Å². The number of nitrogens with zero attached hydrogens (tertiary/aromatic N) is 4. The van der Waals surface area contributed by atoms with Crippen molar-refractivity contribution in [2.24, 2.45) is 0 Å². The molecule has 14 heteroatoms. The zero-order chi connectivity index (χ0) is 28.9. The number of carboxylic acid groups (broad SMARTS) is 1. The highest BCUT2D eigenvalue weighted by atomic mass is 19.4. The molecule has 1 fully saturated rings. The molecule has 3 heterocycles. The van der Waals surface area contributed by atoms with Crippen LogP contribution in [0.2, 0.25) is 0 Å². The molecule has 1 aliphatic heterocycles. The Balaban J connectivity index is 0.000000470. The number of aliphatic carboxylic acids is 1. The van der Waals surface area contributed by atoms with E-state index in [0.717, 1.165) is 16.6 Å². The minimum atomic E-state index is -5.08. The third kappa shape index (κ3) is 6.88. The van der Waals surface area contributed by atoms with Crippen molar-refractivity contribution < 1.29 is 36.8 Å². The molecule has 5 rings (SSSR count). The molecule has 0 radical (unpaired) electrons. The Bertz CT molecular complexity index is 1550. The van der Waals surface area contributed by atoms with Gasteiger partial charge in [0, 0.05) is 50.6 Å². The van der Waals surface area contributed by atoms with Gasteiger partial charge in [0.1, 0.15) is 12.1 Å². The number of hydrogen-bond donors (Lipinski definition) is 2. The number of hydrogen-bond acceptors (Lipinski definition) is 7. The van der Waals surface area contributed by atoms with Crippen LogP contribution in [-0.4, -0.2) is 74.5 Å². The highest BCUT2D eigenvalue weighted by molar-refractivity contribution is 5.95. The van der Waals surface area contributed by atoms with Crippen molar-refractivity contribution in [3.05, 3.63) is 93.5 Å². The SMILES string of the molecule is O=C(O)C(F)(F)F.O=C(c1cc(Cc2n[nH]c(=O)c3ccccc23)ccc1F)N1CCN(Cc2ccon2)CC1. The second-order valence-electron chi connectivity index (χ2n) is 8.90. The van der Waals surface area contributed by atoms with E-state index >= 15 is 0 Å². The zero-order valence-electron chi connectivity index (χ0n) is 20.8. The van der Waals surface area contributed by atoms with E-state index in [2.05, 4.69) is 20.3 Å². The van der Waals surface area contributed by atoms with Crippen LogP contribution in [0.15, 0.2) is 64.1 Å². The normalized spacial score (nSPS) is 14.1. The molecule has 0 atom stereocenters. The number of rotatable bonds is 5. The van der Waals surface area contributed by atoms with Crippen molar-refractivity contribution in [2.45, 2.75) is 19.1 Å². The molecule has 0 saturated carbocycles. The summed E-state index contributed by atoms with van der Waals surface area (Å²) in [7, 11) is 0. The number of nitrogens with one attached hydrogen (secondary N) is 1. The molecule has 1 amide bonds. The minimum absolute atomic E-state index is 0.0474. The van der Waals surface area contributed by atoms with E-state index in [1.807, 2.05) is 18.2 Å². The number of aromatic amines is 1. The number of halogens is 4. The largest absolute Gasteiger partial charge is 0.490 e. The number of piperazine rings is 1. The first-order valence-corrected chi connectivity index (χ1v) is 12.0. The second kappa shape index (κ2) is 12.1. The predicted molar refractivity (Wildman–Crippen MR) is 133 cm³/mol. The van der Waals surface area contributed by atoms with Crippen molar-refractivity contribution in [2.75, 3.05) is 26.2 Å². The van der Waals surface area contributed by atoms with Gasteiger partial charge in [-0.25, -0.2) is 14.3 Å². The quantitative estimate of drug-likeness (QED) is 0.355. The minimum Gasteiger partial charge on any atom is -0.475 e. The van der Waals surface area contributed by atoms with Crippen molar-refractivity contribution in [1.82, 2.24) is 25.2 Å². The summed E-state index contributed by atoms with van der Waals surface area (Å²) in [5.41, 5.74) is 2.04. The molecule has 0 unspecified atom stereocenters. The van der Waals surface area contributed by atoms with Gasteiger partial charge in [0.15, 0.2) is 0 Å². The molecule has 1 saturated heterocycles. The van der Waals surface area contributed by atoms with Crippen LogP contribution in [0.25, 0.3) is 10.8 Å². The Hall–Kier alpha value is -4.59. The summed E-state index contributed by atoms with van der Waals surface area (Å²) >= 11 is 0. The number of amides is 1. The standard InChI is InChI=1S/C24H22FN5O3.C2HF3O2/c25-21-6-5-16(14-22-18-3-1-2-4-19(18)23(31)27-26-22)13-20(21)24(32)30-10-8-29(9-11-30)15-17-7-12-33-28-17;3-2(4,5)1(6)7/h1-7,12-13H,8-11,14-15H2,(H,27,31);(H,6,7). The van der Waals surface area contributed by atoms with Gasteiger partial charge in [0.25, 0.3) is 11.5 Å². The van der Waals surface area contributed by atoms with E-state index in [-0.39, 0.29) is 17.0 Å². The van der Waals surface area contributed by atoms with Gasteiger partial charge in [-0.15, -0.1) is 0 Å². The third-order valence-electron chi connectivity index (χ3n) is 6.19. The molecule has 2 aromatic heterocycles. The molecule has 210 valence electrons. The van der Waals surface area contributed by atoms with Gasteiger partial charge in [-0.2, -0.15) is 18.3 Å². The summed E-state index contributed by atoms with van der Waals surface area (Å²) in [4.78, 5) is 37.9. The van der Waals surface area contributed by atoms with E-state index in [1.165, 1.54) is 12.3 Å². The van der Waals surface area contributed by atoms with Crippen molar-refractivity contribution >= 4 is 22.6 Å². The van der Waals surface area contributed by atoms with Gasteiger partial charge in [0.05, 0.1) is 22.3 Å². The van der Waals surface area contributed by atoms with Crippen LogP contribution in [0.5, 0.6) is 0 Å². The molecular weight excluding hydrogens is 538 g/mol. The average molecular weight is 561 g/mol. The molecule has 1 aliphatic rings. The molecule has 0 bridgehead atoms. The summed E-state index contributed by atoms with van der Waals surface area (Å²) in [5, 5.41) is 19.0. The van der Waals surface area contributed by atoms with Crippen LogP contribution < -0.4 is 5.56 Å². The fourth-order valence-electron chi connectivity index (χ4n) is 4.17. The first kappa shape index (κ1) is 28.4. The molecule has 40 heavy (non-hydrogen) atoms. The Morgan fingerprint density at radius 3 is 2.33 bits per heavy atom. The van der Waals surface area contributed by atoms with E-state index in [4.69, 9.17) is 14.4 Å². The number of H-pyrrole nitrogens is 1. The van der Waals surface area contributed by atoms with E-state index < -0.39 is 18.0 Å². The van der Waals surface area contributed by atoms with E-state index in [9.17, 15) is 27.2 Å². The lowest BCUT2D eigenvalue weighted by molar-refractivity contribution is -0.192. The van der Waals surface area contributed by atoms with Gasteiger partial charge < -0.3 is 14.5 Å². The van der Waals surface area contributed by atoms with Crippen molar-refractivity contribution in [3.8, 4) is 0 Å². The van der Waals surface area contributed by atoms with Crippen LogP contribution in [0.3, 0.4) is 0 Å². The fraction of sp³-hybridized carbons (Fsp3) is 0.269. The maximum atomic E-state index is 14.6. The number of benzene rings is 2. The average Bonchev–Trinajstić information content (AvgIpc) is 3.44. The maximum Gasteiger partial charge on any atom is 0.490 e. The Morgan fingerprint density at radius 2 is 1.70 bits per heavy atom. The summed E-state index contributed by atoms with van der Waals surface area (Å²) in [6, 6.07) is 13.6. The van der Waals surface area contributed by atoms with Crippen LogP contribution in [0, 0.1) is 5.82 Å². The number of fused-ring (bicyclic) bond motifs is 1. The smallest absolute Gasteiger partial charge is 0.475 e. The molecule has 2 aromatic carbocycles. The lowest BCUT2D eigenvalue weighted by Gasteiger charge is -2.34. The molecule has 0 aliphatic carbocycles. The van der Waals surface area contributed by atoms with Gasteiger partial charge in [-0.1, -0.05) is 29.4 Å². The predicted octanol–water partition coefficient (Wildman–Crippen LogP) is 3.23. The third-order valence-corrected chi connectivity index (χ3v) is 6.19. The number of carbonyl (C=O) groups excluding carboxylic acids is 1. The number of carboxylic acids is 1. The molecular formula is C26H23F4N5O5. The Kier molecular flexibility index (Phi) is 8.58. The highest BCUT2D eigenvalue weighted by Crippen LogP contribution is 2.20. The summed E-state index contributed by atoms with van der Waals surface area (Å²) < 4.78 is 51.2. The molecule has 10 nitrogen and oxygen atoms in total. The van der Waals surface area contributed by atoms with Crippen LogP contribution in [-0.2, 0) is 17.8 Å². The first-order chi connectivity index (χ1) is 19.0. The zero-order valence-corrected chi connectivity index (χ0v) is 20.8. The summed E-state index contributed by atoms with van der Waals surface area (Å²) in [6.07, 6.45) is -3.18. The second-order valence-corrected chi connectivity index (χ2v) is 8.90. The van der Waals surface area contributed by atoms with Gasteiger partial charge >= 0.3 is 12.1 Å². The molecule has 2 N–H and O–H groups in total. The summed E-state index contributed by atoms with van der Waals surface area (Å²) in [6.45, 7) is 3.02. The first-order valence-electron chi connectivity index (χ1n) is 12.0. The van der Waals surface area contributed by atoms with Gasteiger partial charge in [0.2, 0.25) is 0 Å². The van der Waals surface area contributed by atoms with Gasteiger partial charge in [-0.3, -0.25) is 14.5 Å². The monoisotopic (exact) mass is 561 g/mol. The van der Waals surface area contributed by atoms with E-state index in [1.54, 1.807) is 29.2 Å². The number of carbonyl (C=O) groups is 2. The lowest BCUT2D eigenvalue weighted by atomic mass is 10.0. The highest BCUT2D eigenvalue weighted by Gasteiger charge is 2.38.